The molecular weight excluding hydrogens is 371 g/mol. The van der Waals surface area contributed by atoms with E-state index in [1.807, 2.05) is 6.92 Å². The van der Waals surface area contributed by atoms with Gasteiger partial charge in [0, 0.05) is 25.7 Å². The second kappa shape index (κ2) is 7.82. The summed E-state index contributed by atoms with van der Waals surface area (Å²) in [6.07, 6.45) is 2.47. The van der Waals surface area contributed by atoms with Gasteiger partial charge in [0.25, 0.3) is 5.91 Å². The van der Waals surface area contributed by atoms with Gasteiger partial charge in [-0.1, -0.05) is 6.42 Å². The van der Waals surface area contributed by atoms with Crippen LogP contribution in [0.4, 0.5) is 4.39 Å². The lowest BCUT2D eigenvalue weighted by Gasteiger charge is -2.26. The highest BCUT2D eigenvalue weighted by atomic mass is 32.2. The van der Waals surface area contributed by atoms with Gasteiger partial charge < -0.3 is 9.32 Å². The minimum absolute atomic E-state index is 0.123. The number of rotatable bonds is 5. The Bertz CT molecular complexity index is 933. The van der Waals surface area contributed by atoms with Crippen LogP contribution in [0.25, 0.3) is 0 Å². The fraction of sp³-hybridized carbons (Fsp3) is 0.421. The average molecular weight is 394 g/mol. The minimum atomic E-state index is -3.96. The van der Waals surface area contributed by atoms with E-state index in [4.69, 9.17) is 4.42 Å². The monoisotopic (exact) mass is 394 g/mol. The molecule has 146 valence electrons. The van der Waals surface area contributed by atoms with Crippen LogP contribution in [0.15, 0.2) is 39.6 Å². The Kier molecular flexibility index (Phi) is 5.67. The van der Waals surface area contributed by atoms with Gasteiger partial charge in [-0.25, -0.2) is 12.8 Å². The number of sulfonamides is 1. The van der Waals surface area contributed by atoms with Crippen LogP contribution >= 0.6 is 0 Å². The van der Waals surface area contributed by atoms with Crippen molar-refractivity contribution in [3.63, 3.8) is 0 Å². The Labute approximate surface area is 158 Å². The SMILES string of the molecule is Cc1ccc(CN(C)C(=O)c2ccc(F)c(S(=O)(=O)N3CCCCC3)c2)o1. The van der Waals surface area contributed by atoms with E-state index in [1.54, 1.807) is 19.2 Å². The standard InChI is InChI=1S/C19H23FN2O4S/c1-14-6-8-16(26-14)13-21(2)19(23)15-7-9-17(20)18(12-15)27(24,25)22-10-4-3-5-11-22/h6-9,12H,3-5,10-11,13H2,1-2H3. The summed E-state index contributed by atoms with van der Waals surface area (Å²) in [5, 5.41) is 0. The van der Waals surface area contributed by atoms with Gasteiger partial charge in [-0.15, -0.1) is 0 Å². The first-order valence-corrected chi connectivity index (χ1v) is 10.3. The lowest BCUT2D eigenvalue weighted by molar-refractivity contribution is 0.0774. The average Bonchev–Trinajstić information content (AvgIpc) is 3.06. The Hall–Kier alpha value is -2.19. The Balaban J connectivity index is 1.84. The van der Waals surface area contributed by atoms with Gasteiger partial charge in [0.1, 0.15) is 22.2 Å². The number of amides is 1. The Morgan fingerprint density at radius 3 is 2.52 bits per heavy atom. The highest BCUT2D eigenvalue weighted by molar-refractivity contribution is 7.89. The summed E-state index contributed by atoms with van der Waals surface area (Å²) in [5.41, 5.74) is 0.123. The summed E-state index contributed by atoms with van der Waals surface area (Å²) >= 11 is 0. The molecule has 0 unspecified atom stereocenters. The molecule has 1 aliphatic heterocycles. The van der Waals surface area contributed by atoms with Crippen molar-refractivity contribution in [1.82, 2.24) is 9.21 Å². The number of hydrogen-bond donors (Lipinski definition) is 0. The predicted octanol–water partition coefficient (Wildman–Crippen LogP) is 3.17. The van der Waals surface area contributed by atoms with Gasteiger partial charge in [0.15, 0.2) is 0 Å². The smallest absolute Gasteiger partial charge is 0.254 e. The summed E-state index contributed by atoms with van der Waals surface area (Å²) in [6, 6.07) is 7.04. The van der Waals surface area contributed by atoms with E-state index in [0.717, 1.165) is 37.2 Å². The molecule has 27 heavy (non-hydrogen) atoms. The van der Waals surface area contributed by atoms with E-state index in [2.05, 4.69) is 0 Å². The first-order chi connectivity index (χ1) is 12.8. The molecule has 6 nitrogen and oxygen atoms in total. The molecule has 2 heterocycles. The van der Waals surface area contributed by atoms with Crippen molar-refractivity contribution in [1.29, 1.82) is 0 Å². The predicted molar refractivity (Wildman–Crippen MR) is 98.3 cm³/mol. The third kappa shape index (κ3) is 4.22. The van der Waals surface area contributed by atoms with Crippen molar-refractivity contribution in [3.8, 4) is 0 Å². The Morgan fingerprint density at radius 1 is 1.19 bits per heavy atom. The number of halogens is 1. The molecule has 2 aromatic rings. The molecule has 0 bridgehead atoms. The van der Waals surface area contributed by atoms with Gasteiger partial charge >= 0.3 is 0 Å². The van der Waals surface area contributed by atoms with Crippen LogP contribution < -0.4 is 0 Å². The van der Waals surface area contributed by atoms with Gasteiger partial charge in [-0.2, -0.15) is 4.31 Å². The molecule has 1 aromatic carbocycles. The second-order valence-corrected chi connectivity index (χ2v) is 8.69. The van der Waals surface area contributed by atoms with E-state index in [1.165, 1.54) is 15.3 Å². The Morgan fingerprint density at radius 2 is 1.89 bits per heavy atom. The molecule has 1 amide bonds. The number of carbonyl (C=O) groups is 1. The van der Waals surface area contributed by atoms with Gasteiger partial charge in [0.05, 0.1) is 6.54 Å². The van der Waals surface area contributed by atoms with E-state index in [-0.39, 0.29) is 12.1 Å². The van der Waals surface area contributed by atoms with Crippen molar-refractivity contribution in [2.45, 2.75) is 37.6 Å². The molecule has 1 fully saturated rings. The highest BCUT2D eigenvalue weighted by Gasteiger charge is 2.29. The first-order valence-electron chi connectivity index (χ1n) is 8.89. The van der Waals surface area contributed by atoms with Gasteiger partial charge in [-0.3, -0.25) is 4.79 Å². The van der Waals surface area contributed by atoms with Crippen molar-refractivity contribution in [2.24, 2.45) is 0 Å². The quantitative estimate of drug-likeness (QED) is 0.781. The third-order valence-electron chi connectivity index (χ3n) is 4.65. The summed E-state index contributed by atoms with van der Waals surface area (Å²) in [5.74, 6) is 0.106. The lowest BCUT2D eigenvalue weighted by atomic mass is 10.2. The van der Waals surface area contributed by atoms with Crippen LogP contribution in [0.5, 0.6) is 0 Å². The van der Waals surface area contributed by atoms with Crippen LogP contribution in [0.2, 0.25) is 0 Å². The van der Waals surface area contributed by atoms with Crippen molar-refractivity contribution >= 4 is 15.9 Å². The second-order valence-electron chi connectivity index (χ2n) is 6.78. The zero-order chi connectivity index (χ0) is 19.6. The fourth-order valence-corrected chi connectivity index (χ4v) is 4.78. The van der Waals surface area contributed by atoms with E-state index < -0.39 is 26.6 Å². The number of benzene rings is 1. The maximum absolute atomic E-state index is 14.3. The molecule has 0 aliphatic carbocycles. The molecule has 1 aromatic heterocycles. The fourth-order valence-electron chi connectivity index (χ4n) is 3.17. The summed E-state index contributed by atoms with van der Waals surface area (Å²) in [6.45, 7) is 2.79. The number of carbonyl (C=O) groups excluding carboxylic acids is 1. The lowest BCUT2D eigenvalue weighted by Crippen LogP contribution is -2.36. The third-order valence-corrected chi connectivity index (χ3v) is 6.56. The molecule has 0 spiro atoms. The van der Waals surface area contributed by atoms with Crippen molar-refractivity contribution < 1.29 is 22.0 Å². The van der Waals surface area contributed by atoms with Crippen LogP contribution in [-0.2, 0) is 16.6 Å². The molecular formula is C19H23FN2O4S. The molecule has 0 atom stereocenters. The molecule has 8 heteroatoms. The number of piperidine rings is 1. The number of aryl methyl sites for hydroxylation is 1. The van der Waals surface area contributed by atoms with Crippen LogP contribution in [-0.4, -0.2) is 43.7 Å². The normalized spacial score (nSPS) is 15.7. The highest BCUT2D eigenvalue weighted by Crippen LogP contribution is 2.24. The van der Waals surface area contributed by atoms with Crippen LogP contribution in [0.1, 0.15) is 41.1 Å². The molecule has 0 radical (unpaired) electrons. The minimum Gasteiger partial charge on any atom is -0.464 e. The summed E-state index contributed by atoms with van der Waals surface area (Å²) in [7, 11) is -2.38. The maximum atomic E-state index is 14.3. The molecule has 1 saturated heterocycles. The van der Waals surface area contributed by atoms with E-state index in [0.29, 0.717) is 18.8 Å². The zero-order valence-electron chi connectivity index (χ0n) is 15.4. The van der Waals surface area contributed by atoms with E-state index >= 15 is 0 Å². The number of hydrogen-bond acceptors (Lipinski definition) is 4. The van der Waals surface area contributed by atoms with Gasteiger partial charge in [0.2, 0.25) is 10.0 Å². The first kappa shape index (κ1) is 19.6. The van der Waals surface area contributed by atoms with Crippen LogP contribution in [0.3, 0.4) is 0 Å². The summed E-state index contributed by atoms with van der Waals surface area (Å²) < 4.78 is 46.6. The van der Waals surface area contributed by atoms with Crippen molar-refractivity contribution in [2.75, 3.05) is 20.1 Å². The molecule has 1 aliphatic rings. The maximum Gasteiger partial charge on any atom is 0.254 e. The number of furan rings is 1. The largest absolute Gasteiger partial charge is 0.464 e. The van der Waals surface area contributed by atoms with Gasteiger partial charge in [-0.05, 0) is 50.1 Å². The van der Waals surface area contributed by atoms with Crippen LogP contribution in [0, 0.1) is 12.7 Å². The molecule has 0 saturated carbocycles. The topological polar surface area (TPSA) is 70.8 Å². The molecule has 0 N–H and O–H groups in total. The summed E-state index contributed by atoms with van der Waals surface area (Å²) in [4.78, 5) is 13.6. The van der Waals surface area contributed by atoms with E-state index in [9.17, 15) is 17.6 Å². The van der Waals surface area contributed by atoms with Crippen molar-refractivity contribution in [3.05, 3.63) is 53.2 Å². The zero-order valence-corrected chi connectivity index (χ0v) is 16.3. The molecule has 3 rings (SSSR count). The number of nitrogens with zero attached hydrogens (tertiary/aromatic N) is 2.